The molecule has 23 heavy (non-hydrogen) atoms. The highest BCUT2D eigenvalue weighted by Crippen LogP contribution is 2.14. The molecule has 0 unspecified atom stereocenters. The van der Waals surface area contributed by atoms with Gasteiger partial charge in [0.2, 0.25) is 5.91 Å². The first-order valence-electron chi connectivity index (χ1n) is 7.11. The Morgan fingerprint density at radius 1 is 1.26 bits per heavy atom. The van der Waals surface area contributed by atoms with E-state index in [1.807, 2.05) is 16.8 Å². The first kappa shape index (κ1) is 17.1. The molecule has 7 heteroatoms. The van der Waals surface area contributed by atoms with Crippen LogP contribution < -0.4 is 0 Å². The van der Waals surface area contributed by atoms with Crippen molar-refractivity contribution in [3.8, 4) is 0 Å². The van der Waals surface area contributed by atoms with E-state index in [1.54, 1.807) is 35.5 Å². The Labute approximate surface area is 138 Å². The third kappa shape index (κ3) is 5.15. The molecule has 0 saturated heterocycles. The van der Waals surface area contributed by atoms with Crippen molar-refractivity contribution in [1.82, 2.24) is 4.90 Å². The zero-order chi connectivity index (χ0) is 16.7. The Morgan fingerprint density at radius 2 is 2.00 bits per heavy atom. The molecule has 6 nitrogen and oxygen atoms in total. The molecule has 0 saturated carbocycles. The number of hydrogen-bond acceptors (Lipinski definition) is 5. The van der Waals surface area contributed by atoms with E-state index in [-0.39, 0.29) is 18.0 Å². The van der Waals surface area contributed by atoms with Gasteiger partial charge in [0.15, 0.2) is 0 Å². The molecule has 1 aromatic heterocycles. The highest BCUT2D eigenvalue weighted by atomic mass is 32.1. The van der Waals surface area contributed by atoms with Crippen molar-refractivity contribution in [2.24, 2.45) is 0 Å². The number of ether oxygens (including phenoxy) is 1. The summed E-state index contributed by atoms with van der Waals surface area (Å²) in [4.78, 5) is 24.5. The lowest BCUT2D eigenvalue weighted by molar-refractivity contribution is -0.384. The van der Waals surface area contributed by atoms with Gasteiger partial charge >= 0.3 is 0 Å². The number of carbonyl (C=O) groups excluding carboxylic acids is 1. The first-order valence-corrected chi connectivity index (χ1v) is 8.05. The van der Waals surface area contributed by atoms with Crippen LogP contribution in [0.4, 0.5) is 5.69 Å². The molecule has 1 amide bonds. The Bertz CT molecular complexity index is 641. The monoisotopic (exact) mass is 334 g/mol. The summed E-state index contributed by atoms with van der Waals surface area (Å²) in [5.41, 5.74) is 1.87. The summed E-state index contributed by atoms with van der Waals surface area (Å²) < 4.78 is 5.07. The standard InChI is InChI=1S/C16H18N2O4S/c1-22-8-7-17(11-14-6-9-23-12-14)16(19)10-13-2-4-15(5-3-13)18(20)21/h2-6,9,12H,7-8,10-11H2,1H3. The summed E-state index contributed by atoms with van der Waals surface area (Å²) in [6.07, 6.45) is 0.214. The predicted molar refractivity (Wildman–Crippen MR) is 88.4 cm³/mol. The molecule has 0 aliphatic carbocycles. The van der Waals surface area contributed by atoms with Crippen LogP contribution in [0.15, 0.2) is 41.1 Å². The normalized spacial score (nSPS) is 10.5. The van der Waals surface area contributed by atoms with E-state index in [4.69, 9.17) is 4.74 Å². The Hall–Kier alpha value is -2.25. The van der Waals surface area contributed by atoms with Crippen LogP contribution in [-0.4, -0.2) is 36.0 Å². The molecule has 122 valence electrons. The second-order valence-electron chi connectivity index (χ2n) is 5.04. The van der Waals surface area contributed by atoms with Gasteiger partial charge in [-0.2, -0.15) is 11.3 Å². The van der Waals surface area contributed by atoms with Crippen LogP contribution in [0.5, 0.6) is 0 Å². The van der Waals surface area contributed by atoms with Gasteiger partial charge in [0.25, 0.3) is 5.69 Å². The summed E-state index contributed by atoms with van der Waals surface area (Å²) in [5.74, 6) is -0.0258. The SMILES string of the molecule is COCCN(Cc1ccsc1)C(=O)Cc1ccc([N+](=O)[O-])cc1. The quantitative estimate of drug-likeness (QED) is 0.550. The summed E-state index contributed by atoms with van der Waals surface area (Å²) >= 11 is 1.59. The van der Waals surface area contributed by atoms with Crippen LogP contribution in [0.1, 0.15) is 11.1 Å². The number of benzene rings is 1. The molecule has 0 spiro atoms. The average molecular weight is 334 g/mol. The summed E-state index contributed by atoms with van der Waals surface area (Å²) in [7, 11) is 1.60. The average Bonchev–Trinajstić information content (AvgIpc) is 3.05. The van der Waals surface area contributed by atoms with Crippen molar-refractivity contribution >= 4 is 22.9 Å². The molecule has 1 heterocycles. The van der Waals surface area contributed by atoms with E-state index >= 15 is 0 Å². The van der Waals surface area contributed by atoms with Gasteiger partial charge in [0, 0.05) is 32.3 Å². The number of amides is 1. The van der Waals surface area contributed by atoms with E-state index in [1.165, 1.54) is 12.1 Å². The number of non-ortho nitro benzene ring substituents is 1. The van der Waals surface area contributed by atoms with Gasteiger partial charge in [-0.3, -0.25) is 14.9 Å². The van der Waals surface area contributed by atoms with Crippen LogP contribution in [-0.2, 0) is 22.5 Å². The van der Waals surface area contributed by atoms with Crippen LogP contribution in [0.25, 0.3) is 0 Å². The van der Waals surface area contributed by atoms with Gasteiger partial charge in [-0.05, 0) is 28.0 Å². The number of nitro benzene ring substituents is 1. The van der Waals surface area contributed by atoms with Crippen LogP contribution >= 0.6 is 11.3 Å². The number of nitro groups is 1. The summed E-state index contributed by atoms with van der Waals surface area (Å²) in [5, 5.41) is 14.6. The molecule has 0 aliphatic heterocycles. The van der Waals surface area contributed by atoms with Gasteiger partial charge in [0.1, 0.15) is 0 Å². The largest absolute Gasteiger partial charge is 0.383 e. The maximum absolute atomic E-state index is 12.5. The molecule has 2 rings (SSSR count). The summed E-state index contributed by atoms with van der Waals surface area (Å²) in [6.45, 7) is 1.52. The minimum Gasteiger partial charge on any atom is -0.383 e. The second kappa shape index (κ2) is 8.40. The van der Waals surface area contributed by atoms with Crippen LogP contribution in [0.3, 0.4) is 0 Å². The molecule has 0 atom stereocenters. The fraction of sp³-hybridized carbons (Fsp3) is 0.312. The Morgan fingerprint density at radius 3 is 2.57 bits per heavy atom. The fourth-order valence-electron chi connectivity index (χ4n) is 2.12. The molecule has 0 N–H and O–H groups in total. The Balaban J connectivity index is 2.02. The zero-order valence-electron chi connectivity index (χ0n) is 12.8. The minimum absolute atomic E-state index is 0.0238. The molecular weight excluding hydrogens is 316 g/mol. The van der Waals surface area contributed by atoms with E-state index < -0.39 is 4.92 Å². The molecule has 0 radical (unpaired) electrons. The van der Waals surface area contributed by atoms with Gasteiger partial charge in [-0.15, -0.1) is 0 Å². The van der Waals surface area contributed by atoms with Crippen LogP contribution in [0, 0.1) is 10.1 Å². The number of nitrogens with zero attached hydrogens (tertiary/aromatic N) is 2. The lowest BCUT2D eigenvalue weighted by Gasteiger charge is -2.22. The third-order valence-corrected chi connectivity index (χ3v) is 4.11. The molecule has 0 fully saturated rings. The van der Waals surface area contributed by atoms with Gasteiger partial charge < -0.3 is 9.64 Å². The number of methoxy groups -OCH3 is 1. The molecular formula is C16H18N2O4S. The lowest BCUT2D eigenvalue weighted by Crippen LogP contribution is -2.34. The van der Waals surface area contributed by atoms with Crippen molar-refractivity contribution in [2.45, 2.75) is 13.0 Å². The van der Waals surface area contributed by atoms with Gasteiger partial charge in [-0.25, -0.2) is 0 Å². The van der Waals surface area contributed by atoms with E-state index in [0.717, 1.165) is 11.1 Å². The van der Waals surface area contributed by atoms with Gasteiger partial charge in [0.05, 0.1) is 18.0 Å². The summed E-state index contributed by atoms with van der Waals surface area (Å²) in [6, 6.07) is 8.07. The van der Waals surface area contributed by atoms with Crippen LogP contribution in [0.2, 0.25) is 0 Å². The molecule has 2 aromatic rings. The number of carbonyl (C=O) groups is 1. The number of thiophene rings is 1. The highest BCUT2D eigenvalue weighted by molar-refractivity contribution is 7.07. The van der Waals surface area contributed by atoms with Crippen molar-refractivity contribution < 1.29 is 14.5 Å². The number of rotatable bonds is 8. The van der Waals surface area contributed by atoms with Crippen molar-refractivity contribution in [3.05, 3.63) is 62.3 Å². The first-order chi connectivity index (χ1) is 11.1. The smallest absolute Gasteiger partial charge is 0.269 e. The van der Waals surface area contributed by atoms with Crippen molar-refractivity contribution in [1.29, 1.82) is 0 Å². The van der Waals surface area contributed by atoms with Crippen molar-refractivity contribution in [2.75, 3.05) is 20.3 Å². The second-order valence-corrected chi connectivity index (χ2v) is 5.82. The van der Waals surface area contributed by atoms with Crippen molar-refractivity contribution in [3.63, 3.8) is 0 Å². The van der Waals surface area contributed by atoms with Gasteiger partial charge in [-0.1, -0.05) is 12.1 Å². The maximum atomic E-state index is 12.5. The molecule has 0 bridgehead atoms. The molecule has 1 aromatic carbocycles. The minimum atomic E-state index is -0.451. The topological polar surface area (TPSA) is 72.7 Å². The zero-order valence-corrected chi connectivity index (χ0v) is 13.6. The van der Waals surface area contributed by atoms with E-state index in [0.29, 0.717) is 19.7 Å². The number of hydrogen-bond donors (Lipinski definition) is 0. The third-order valence-electron chi connectivity index (χ3n) is 3.37. The Kier molecular flexibility index (Phi) is 6.25. The van der Waals surface area contributed by atoms with E-state index in [2.05, 4.69) is 0 Å². The lowest BCUT2D eigenvalue weighted by atomic mass is 10.1. The fourth-order valence-corrected chi connectivity index (χ4v) is 2.78. The maximum Gasteiger partial charge on any atom is 0.269 e. The highest BCUT2D eigenvalue weighted by Gasteiger charge is 2.15. The predicted octanol–water partition coefficient (Wildman–Crippen LogP) is 2.87. The van der Waals surface area contributed by atoms with E-state index in [9.17, 15) is 14.9 Å². The molecule has 0 aliphatic rings.